The van der Waals surface area contributed by atoms with E-state index in [-0.39, 0.29) is 0 Å². The zero-order chi connectivity index (χ0) is 14.7. The minimum absolute atomic E-state index is 0.368. The molecule has 1 aliphatic heterocycles. The largest absolute Gasteiger partial charge is 0.378 e. The summed E-state index contributed by atoms with van der Waals surface area (Å²) in [6, 6.07) is 11.4. The number of nitrogens with zero attached hydrogens (tertiary/aromatic N) is 1. The molecule has 1 aromatic heterocycles. The topological polar surface area (TPSA) is 15.3 Å². The van der Waals surface area contributed by atoms with Crippen LogP contribution in [0.4, 0.5) is 5.69 Å². The first kappa shape index (κ1) is 14.6. The lowest BCUT2D eigenvalue weighted by atomic mass is 10.1. The van der Waals surface area contributed by atoms with Crippen LogP contribution in [0.2, 0.25) is 0 Å². The molecule has 1 aliphatic rings. The molecule has 1 saturated heterocycles. The van der Waals surface area contributed by atoms with Crippen LogP contribution in [-0.4, -0.2) is 18.0 Å². The maximum absolute atomic E-state index is 3.64. The normalized spacial score (nSPS) is 17.0. The monoisotopic (exact) mass is 300 g/mol. The van der Waals surface area contributed by atoms with E-state index >= 15 is 0 Å². The standard InChI is InChI=1S/C18H24N2S/c1-14-8-11-21-18(14)15(2)19-17-7-5-6-16(12-17)13-20-9-3-4-10-20/h5-8,11-12,15,19H,3-4,9-10,13H2,1-2H3. The van der Waals surface area contributed by atoms with E-state index in [1.54, 1.807) is 0 Å². The van der Waals surface area contributed by atoms with E-state index in [2.05, 4.69) is 59.8 Å². The average molecular weight is 300 g/mol. The van der Waals surface area contributed by atoms with Crippen molar-refractivity contribution in [2.24, 2.45) is 0 Å². The van der Waals surface area contributed by atoms with Gasteiger partial charge in [0.05, 0.1) is 6.04 Å². The minimum Gasteiger partial charge on any atom is -0.378 e. The molecule has 3 rings (SSSR count). The lowest BCUT2D eigenvalue weighted by Gasteiger charge is -2.18. The minimum atomic E-state index is 0.368. The first-order valence-electron chi connectivity index (χ1n) is 7.84. The second-order valence-electron chi connectivity index (χ2n) is 6.02. The molecule has 3 heteroatoms. The van der Waals surface area contributed by atoms with Crippen molar-refractivity contribution in [3.8, 4) is 0 Å². The van der Waals surface area contributed by atoms with Gasteiger partial charge in [-0.3, -0.25) is 4.90 Å². The molecule has 0 spiro atoms. The van der Waals surface area contributed by atoms with Gasteiger partial charge in [0.1, 0.15) is 0 Å². The summed E-state index contributed by atoms with van der Waals surface area (Å²) in [5.41, 5.74) is 4.03. The Morgan fingerprint density at radius 2 is 2.05 bits per heavy atom. The van der Waals surface area contributed by atoms with Gasteiger partial charge in [0.2, 0.25) is 0 Å². The number of hydrogen-bond acceptors (Lipinski definition) is 3. The van der Waals surface area contributed by atoms with Crippen LogP contribution >= 0.6 is 11.3 Å². The highest BCUT2D eigenvalue weighted by Crippen LogP contribution is 2.27. The fourth-order valence-electron chi connectivity index (χ4n) is 3.10. The Labute approximate surface area is 131 Å². The number of likely N-dealkylation sites (tertiary alicyclic amines) is 1. The SMILES string of the molecule is Cc1ccsc1C(C)Nc1cccc(CN2CCCC2)c1. The Balaban J connectivity index is 1.66. The smallest absolute Gasteiger partial charge is 0.0581 e. The third-order valence-electron chi connectivity index (χ3n) is 4.21. The molecule has 1 N–H and O–H groups in total. The first-order valence-corrected chi connectivity index (χ1v) is 8.72. The number of aryl methyl sites for hydroxylation is 1. The van der Waals surface area contributed by atoms with Crippen LogP contribution in [0.5, 0.6) is 0 Å². The first-order chi connectivity index (χ1) is 10.2. The molecule has 2 nitrogen and oxygen atoms in total. The zero-order valence-corrected chi connectivity index (χ0v) is 13.7. The van der Waals surface area contributed by atoms with Crippen molar-refractivity contribution in [3.63, 3.8) is 0 Å². The predicted octanol–water partition coefficient (Wildman–Crippen LogP) is 4.83. The van der Waals surface area contributed by atoms with Crippen molar-refractivity contribution >= 4 is 17.0 Å². The van der Waals surface area contributed by atoms with E-state index in [9.17, 15) is 0 Å². The molecule has 0 bridgehead atoms. The van der Waals surface area contributed by atoms with Crippen LogP contribution in [0.3, 0.4) is 0 Å². The summed E-state index contributed by atoms with van der Waals surface area (Å²) in [7, 11) is 0. The van der Waals surface area contributed by atoms with E-state index in [1.807, 2.05) is 11.3 Å². The summed E-state index contributed by atoms with van der Waals surface area (Å²) in [4.78, 5) is 3.98. The molecule has 1 atom stereocenters. The van der Waals surface area contributed by atoms with Crippen molar-refractivity contribution in [3.05, 3.63) is 51.7 Å². The third-order valence-corrected chi connectivity index (χ3v) is 5.41. The van der Waals surface area contributed by atoms with Gasteiger partial charge in [-0.15, -0.1) is 11.3 Å². The molecule has 2 heterocycles. The van der Waals surface area contributed by atoms with Gasteiger partial charge < -0.3 is 5.32 Å². The summed E-state index contributed by atoms with van der Waals surface area (Å²) < 4.78 is 0. The van der Waals surface area contributed by atoms with E-state index in [0.717, 1.165) is 6.54 Å². The van der Waals surface area contributed by atoms with Gasteiger partial charge >= 0.3 is 0 Å². The molecule has 1 fully saturated rings. The van der Waals surface area contributed by atoms with Crippen LogP contribution in [0.25, 0.3) is 0 Å². The highest BCUT2D eigenvalue weighted by atomic mass is 32.1. The molecule has 0 amide bonds. The summed E-state index contributed by atoms with van der Waals surface area (Å²) >= 11 is 1.84. The molecule has 2 aromatic rings. The number of hydrogen-bond donors (Lipinski definition) is 1. The summed E-state index contributed by atoms with van der Waals surface area (Å²) in [6.07, 6.45) is 2.71. The number of nitrogens with one attached hydrogen (secondary N) is 1. The van der Waals surface area contributed by atoms with Gasteiger partial charge in [-0.05, 0) is 74.5 Å². The summed E-state index contributed by atoms with van der Waals surface area (Å²) in [5.74, 6) is 0. The quantitative estimate of drug-likeness (QED) is 0.851. The second-order valence-corrected chi connectivity index (χ2v) is 6.97. The number of anilines is 1. The van der Waals surface area contributed by atoms with E-state index in [0.29, 0.717) is 6.04 Å². The molecule has 1 aromatic carbocycles. The lowest BCUT2D eigenvalue weighted by molar-refractivity contribution is 0.331. The van der Waals surface area contributed by atoms with Gasteiger partial charge in [-0.2, -0.15) is 0 Å². The van der Waals surface area contributed by atoms with E-state index in [1.165, 1.54) is 47.6 Å². The fourth-order valence-corrected chi connectivity index (χ4v) is 4.04. The summed E-state index contributed by atoms with van der Waals surface area (Å²) in [5, 5.41) is 5.82. The van der Waals surface area contributed by atoms with Gasteiger partial charge in [-0.1, -0.05) is 12.1 Å². The molecule has 112 valence electrons. The average Bonchev–Trinajstić information content (AvgIpc) is 3.10. The highest BCUT2D eigenvalue weighted by Gasteiger charge is 2.13. The van der Waals surface area contributed by atoms with Crippen molar-refractivity contribution in [1.82, 2.24) is 4.90 Å². The van der Waals surface area contributed by atoms with Crippen molar-refractivity contribution in [1.29, 1.82) is 0 Å². The molecule has 21 heavy (non-hydrogen) atoms. The Bertz CT molecular complexity index is 584. The van der Waals surface area contributed by atoms with E-state index < -0.39 is 0 Å². The second kappa shape index (κ2) is 6.63. The predicted molar refractivity (Wildman–Crippen MR) is 92.0 cm³/mol. The number of thiophene rings is 1. The number of rotatable bonds is 5. The van der Waals surface area contributed by atoms with Gasteiger partial charge in [0, 0.05) is 17.1 Å². The molecule has 0 aliphatic carbocycles. The van der Waals surface area contributed by atoms with E-state index in [4.69, 9.17) is 0 Å². The fraction of sp³-hybridized carbons (Fsp3) is 0.444. The van der Waals surface area contributed by atoms with Crippen LogP contribution in [-0.2, 0) is 6.54 Å². The Hall–Kier alpha value is -1.32. The van der Waals surface area contributed by atoms with Gasteiger partial charge in [-0.25, -0.2) is 0 Å². The molecular weight excluding hydrogens is 276 g/mol. The van der Waals surface area contributed by atoms with Crippen LogP contribution < -0.4 is 5.32 Å². The van der Waals surface area contributed by atoms with Crippen molar-refractivity contribution in [2.45, 2.75) is 39.3 Å². The molecular formula is C18H24N2S. The lowest BCUT2D eigenvalue weighted by Crippen LogP contribution is -2.18. The van der Waals surface area contributed by atoms with Crippen LogP contribution in [0.1, 0.15) is 41.8 Å². The number of benzene rings is 1. The molecule has 0 radical (unpaired) electrons. The highest BCUT2D eigenvalue weighted by molar-refractivity contribution is 7.10. The van der Waals surface area contributed by atoms with Crippen LogP contribution in [0, 0.1) is 6.92 Å². The maximum Gasteiger partial charge on any atom is 0.0581 e. The Morgan fingerprint density at radius 1 is 1.24 bits per heavy atom. The van der Waals surface area contributed by atoms with Gasteiger partial charge in [0.15, 0.2) is 0 Å². The zero-order valence-electron chi connectivity index (χ0n) is 12.9. The van der Waals surface area contributed by atoms with Crippen molar-refractivity contribution < 1.29 is 0 Å². The van der Waals surface area contributed by atoms with Crippen molar-refractivity contribution in [2.75, 3.05) is 18.4 Å². The third kappa shape index (κ3) is 3.66. The maximum atomic E-state index is 3.64. The van der Waals surface area contributed by atoms with Crippen LogP contribution in [0.15, 0.2) is 35.7 Å². The van der Waals surface area contributed by atoms with Gasteiger partial charge in [0.25, 0.3) is 0 Å². The summed E-state index contributed by atoms with van der Waals surface area (Å²) in [6.45, 7) is 8.02. The Kier molecular flexibility index (Phi) is 4.61. The molecule has 1 unspecified atom stereocenters. The molecule has 0 saturated carbocycles. The Morgan fingerprint density at radius 3 is 2.76 bits per heavy atom.